The van der Waals surface area contributed by atoms with Gasteiger partial charge in [0.25, 0.3) is 0 Å². The number of anilines is 2. The molecule has 3 nitrogen and oxygen atoms in total. The first-order chi connectivity index (χ1) is 31.7. The molecule has 2 atom stereocenters. The Morgan fingerprint density at radius 2 is 1.11 bits per heavy atom. The third kappa shape index (κ3) is 4.73. The van der Waals surface area contributed by atoms with Crippen molar-refractivity contribution in [1.29, 1.82) is 0 Å². The number of hydrogen-bond acceptors (Lipinski definition) is 2. The highest BCUT2D eigenvalue weighted by molar-refractivity contribution is 6.24. The van der Waals surface area contributed by atoms with Crippen LogP contribution in [0.5, 0.6) is 0 Å². The van der Waals surface area contributed by atoms with Gasteiger partial charge in [-0.2, -0.15) is 0 Å². The lowest BCUT2D eigenvalue weighted by atomic mass is 9.88. The van der Waals surface area contributed by atoms with Gasteiger partial charge in [-0.15, -0.1) is 0 Å². The molecule has 0 saturated carbocycles. The Morgan fingerprint density at radius 1 is 0.469 bits per heavy atom. The van der Waals surface area contributed by atoms with Crippen LogP contribution in [0.1, 0.15) is 23.5 Å². The van der Waals surface area contributed by atoms with Gasteiger partial charge in [0.05, 0.1) is 34.2 Å². The highest BCUT2D eigenvalue weighted by Crippen LogP contribution is 2.54. The first-order valence-corrected chi connectivity index (χ1v) is 22.7. The highest BCUT2D eigenvalue weighted by atomic mass is 15.2. The van der Waals surface area contributed by atoms with Crippen molar-refractivity contribution < 1.29 is 0 Å². The molecular formula is C61H39N3. The van der Waals surface area contributed by atoms with Crippen LogP contribution in [0.3, 0.4) is 0 Å². The normalized spacial score (nSPS) is 16.6. The average Bonchev–Trinajstić information content (AvgIpc) is 3.88. The van der Waals surface area contributed by atoms with Crippen LogP contribution in [0.25, 0.3) is 110 Å². The molecule has 0 saturated heterocycles. The smallest absolute Gasteiger partial charge is 0.0730 e. The van der Waals surface area contributed by atoms with Crippen molar-refractivity contribution in [2.24, 2.45) is 0 Å². The van der Waals surface area contributed by atoms with Crippen LogP contribution >= 0.6 is 0 Å². The zero-order valence-corrected chi connectivity index (χ0v) is 35.0. The largest absolute Gasteiger partial charge is 0.333 e. The Bertz CT molecular complexity index is 4010. The summed E-state index contributed by atoms with van der Waals surface area (Å²) in [5, 5.41) is 16.9. The van der Waals surface area contributed by atoms with E-state index in [1.54, 1.807) is 0 Å². The summed E-state index contributed by atoms with van der Waals surface area (Å²) in [6.45, 7) is 0. The fraction of sp³-hybridized carbons (Fsp3) is 0.0656. The monoisotopic (exact) mass is 813 g/mol. The van der Waals surface area contributed by atoms with E-state index in [1.807, 2.05) is 0 Å². The van der Waals surface area contributed by atoms with Crippen LogP contribution in [0.2, 0.25) is 0 Å². The Balaban J connectivity index is 1.02. The molecule has 3 heterocycles. The third-order valence-electron chi connectivity index (χ3n) is 14.7. The second-order valence-electron chi connectivity index (χ2n) is 18.1. The van der Waals surface area contributed by atoms with Crippen LogP contribution in [0.15, 0.2) is 194 Å². The molecule has 0 spiro atoms. The van der Waals surface area contributed by atoms with Gasteiger partial charge in [-0.25, -0.2) is 4.98 Å². The molecule has 12 aromatic rings. The van der Waals surface area contributed by atoms with Crippen molar-refractivity contribution in [3.63, 3.8) is 0 Å². The van der Waals surface area contributed by atoms with Crippen LogP contribution in [-0.4, -0.2) is 15.6 Å². The van der Waals surface area contributed by atoms with E-state index in [1.165, 1.54) is 97.7 Å². The second-order valence-corrected chi connectivity index (χ2v) is 18.1. The summed E-state index contributed by atoms with van der Waals surface area (Å²) in [4.78, 5) is 8.32. The molecule has 10 aromatic carbocycles. The molecule has 0 radical (unpaired) electrons. The SMILES string of the molecule is C1=CC2c3ccc4c(c3N(c3cc(-c5cc6ccc7c8c(ccc(c5)c68)=CCC7)nc(-c5cc6ccc7cccc8ccc(c5)c6c78)c3)C2C=C1)c1ccccc1n4-c1ccccc1. The molecule has 2 aliphatic carbocycles. The maximum absolute atomic E-state index is 5.68. The summed E-state index contributed by atoms with van der Waals surface area (Å²) in [6.07, 6.45) is 13.9. The number of benzene rings is 10. The number of para-hydroxylation sites is 2. The number of hydrogen-bond donors (Lipinski definition) is 0. The van der Waals surface area contributed by atoms with Crippen LogP contribution < -0.4 is 10.1 Å². The van der Waals surface area contributed by atoms with Gasteiger partial charge in [0.2, 0.25) is 0 Å². The topological polar surface area (TPSA) is 21.1 Å². The first kappa shape index (κ1) is 34.6. The van der Waals surface area contributed by atoms with Gasteiger partial charge in [-0.1, -0.05) is 140 Å². The van der Waals surface area contributed by atoms with E-state index in [4.69, 9.17) is 4.98 Å². The van der Waals surface area contributed by atoms with E-state index in [-0.39, 0.29) is 12.0 Å². The Hall–Kier alpha value is -8.01. The summed E-state index contributed by atoms with van der Waals surface area (Å²) < 4.78 is 2.44. The zero-order valence-electron chi connectivity index (χ0n) is 35.0. The van der Waals surface area contributed by atoms with Crippen molar-refractivity contribution in [2.75, 3.05) is 4.90 Å². The van der Waals surface area contributed by atoms with E-state index < -0.39 is 0 Å². The minimum Gasteiger partial charge on any atom is -0.333 e. The molecule has 298 valence electrons. The molecule has 15 rings (SSSR count). The zero-order chi connectivity index (χ0) is 41.6. The molecule has 0 fully saturated rings. The van der Waals surface area contributed by atoms with Crippen LogP contribution in [0, 0.1) is 0 Å². The van der Waals surface area contributed by atoms with E-state index in [0.29, 0.717) is 0 Å². The molecule has 2 aromatic heterocycles. The molecule has 2 unspecified atom stereocenters. The average molecular weight is 814 g/mol. The second kappa shape index (κ2) is 12.8. The number of fused-ring (bicyclic) bond motifs is 7. The number of aryl methyl sites for hydroxylation is 1. The lowest BCUT2D eigenvalue weighted by molar-refractivity contribution is 0.745. The fourth-order valence-corrected chi connectivity index (χ4v) is 12.1. The number of rotatable bonds is 4. The summed E-state index contributed by atoms with van der Waals surface area (Å²) in [6, 6.07) is 63.9. The van der Waals surface area contributed by atoms with E-state index in [2.05, 4.69) is 210 Å². The first-order valence-electron chi connectivity index (χ1n) is 22.7. The minimum absolute atomic E-state index is 0.0930. The summed E-state index contributed by atoms with van der Waals surface area (Å²) in [5.41, 5.74) is 13.0. The van der Waals surface area contributed by atoms with Crippen LogP contribution in [-0.2, 0) is 6.42 Å². The van der Waals surface area contributed by atoms with Gasteiger partial charge in [0.1, 0.15) is 0 Å². The van der Waals surface area contributed by atoms with E-state index in [9.17, 15) is 0 Å². The Morgan fingerprint density at radius 3 is 1.88 bits per heavy atom. The standard InChI is InChI=1S/C61H39N3/c1-2-14-46(15-3-1)63-54-19-7-5-17-50(54)60-55(63)29-28-49-48-16-4-6-18-53(48)64(61(49)60)47-34-51(44-30-40-24-20-36-10-8-11-37-21-25-41(31-44)58(40)56(36)37)62-52(35-47)45-32-42-26-22-38-12-9-13-39-23-27-43(33-45)59(42)57(38)39/h1-8,10-12,14-35,48,53H,9,13H2. The van der Waals surface area contributed by atoms with Crippen molar-refractivity contribution in [1.82, 2.24) is 9.55 Å². The van der Waals surface area contributed by atoms with Gasteiger partial charge >= 0.3 is 0 Å². The van der Waals surface area contributed by atoms with Gasteiger partial charge in [0, 0.05) is 39.2 Å². The predicted molar refractivity (Wildman–Crippen MR) is 270 cm³/mol. The van der Waals surface area contributed by atoms with Crippen molar-refractivity contribution >= 4 is 93.1 Å². The van der Waals surface area contributed by atoms with Gasteiger partial charge in [-0.3, -0.25) is 0 Å². The van der Waals surface area contributed by atoms with Gasteiger partial charge in [-0.05, 0) is 144 Å². The summed E-state index contributed by atoms with van der Waals surface area (Å²) >= 11 is 0. The highest BCUT2D eigenvalue weighted by Gasteiger charge is 2.40. The molecule has 0 N–H and O–H groups in total. The number of aromatic nitrogens is 2. The molecule has 1 aliphatic heterocycles. The van der Waals surface area contributed by atoms with Crippen molar-refractivity contribution in [3.8, 4) is 28.2 Å². The third-order valence-corrected chi connectivity index (χ3v) is 14.7. The molecular weight excluding hydrogens is 775 g/mol. The molecule has 0 amide bonds. The van der Waals surface area contributed by atoms with Crippen LogP contribution in [0.4, 0.5) is 11.4 Å². The van der Waals surface area contributed by atoms with E-state index in [0.717, 1.165) is 46.7 Å². The Labute approximate surface area is 369 Å². The predicted octanol–water partition coefficient (Wildman–Crippen LogP) is 14.9. The maximum Gasteiger partial charge on any atom is 0.0730 e. The van der Waals surface area contributed by atoms with Gasteiger partial charge < -0.3 is 9.47 Å². The number of allylic oxidation sites excluding steroid dienone is 2. The lowest BCUT2D eigenvalue weighted by Crippen LogP contribution is -2.28. The maximum atomic E-state index is 5.68. The quantitative estimate of drug-likeness (QED) is 0.165. The summed E-state index contributed by atoms with van der Waals surface area (Å²) in [7, 11) is 0. The molecule has 3 heteroatoms. The van der Waals surface area contributed by atoms with Crippen molar-refractivity contribution in [3.05, 3.63) is 211 Å². The van der Waals surface area contributed by atoms with Gasteiger partial charge in [0.15, 0.2) is 0 Å². The number of pyridine rings is 1. The fourth-order valence-electron chi connectivity index (χ4n) is 12.1. The minimum atomic E-state index is 0.0930. The lowest BCUT2D eigenvalue weighted by Gasteiger charge is -2.30. The van der Waals surface area contributed by atoms with E-state index >= 15 is 0 Å². The molecule has 3 aliphatic rings. The van der Waals surface area contributed by atoms with Crippen molar-refractivity contribution in [2.45, 2.75) is 24.8 Å². The molecule has 0 bridgehead atoms. The molecule has 64 heavy (non-hydrogen) atoms. The number of nitrogens with zero attached hydrogens (tertiary/aromatic N) is 3. The summed E-state index contributed by atoms with van der Waals surface area (Å²) in [5.74, 6) is 0.199. The Kier molecular flexibility index (Phi) is 6.90.